The number of benzene rings is 2. The fraction of sp³-hybridized carbons (Fsp3) is 0.432. The number of ether oxygens (including phenoxy) is 1. The molecule has 16 heteroatoms. The van der Waals surface area contributed by atoms with Gasteiger partial charge in [-0.15, -0.1) is 0 Å². The first kappa shape index (κ1) is 43.1. The lowest BCUT2D eigenvalue weighted by Crippen LogP contribution is -2.61. The highest BCUT2D eigenvalue weighted by Crippen LogP contribution is 2.29. The summed E-state index contributed by atoms with van der Waals surface area (Å²) in [7, 11) is 1.48. The van der Waals surface area contributed by atoms with E-state index in [4.69, 9.17) is 4.74 Å². The van der Waals surface area contributed by atoms with Crippen molar-refractivity contribution in [1.29, 1.82) is 0 Å². The molecule has 2 aromatic carbocycles. The van der Waals surface area contributed by atoms with Crippen LogP contribution in [0.2, 0.25) is 0 Å². The SMILES string of the molecule is CC[C@H]1NC(=O)[C@@H](NC(=O)c2ncccc2O)[C@@H](C)OC(=O)[C@H](c2ccccc2)CC(=O)[C@@H]2CC(=O)CCN2C(=O)[C@H](Cc2ccccc2)N(C)C(=O)[C@@H]2CCCN2C1=O. The summed E-state index contributed by atoms with van der Waals surface area (Å²) in [5.74, 6) is -7.06. The first-order valence-corrected chi connectivity index (χ1v) is 20.3. The quantitative estimate of drug-likeness (QED) is 0.307. The number of hydrogen-bond acceptors (Lipinski definition) is 11. The minimum atomic E-state index is -1.65. The van der Waals surface area contributed by atoms with Crippen LogP contribution in [0.4, 0.5) is 0 Å². The summed E-state index contributed by atoms with van der Waals surface area (Å²) >= 11 is 0. The zero-order chi connectivity index (χ0) is 43.1. The Hall–Kier alpha value is -6.45. The van der Waals surface area contributed by atoms with Gasteiger partial charge in [0.25, 0.3) is 5.91 Å². The molecule has 0 saturated carbocycles. The van der Waals surface area contributed by atoms with Gasteiger partial charge < -0.3 is 35.2 Å². The fourth-order valence-corrected chi connectivity index (χ4v) is 8.15. The van der Waals surface area contributed by atoms with Crippen molar-refractivity contribution in [2.24, 2.45) is 0 Å². The zero-order valence-electron chi connectivity index (χ0n) is 33.8. The van der Waals surface area contributed by atoms with Crippen LogP contribution in [0.5, 0.6) is 5.75 Å². The molecule has 1 aromatic heterocycles. The average molecular weight is 823 g/mol. The number of pyridine rings is 1. The van der Waals surface area contributed by atoms with Crippen LogP contribution in [0.3, 0.4) is 0 Å². The number of piperidine rings is 1. The molecule has 5 amide bonds. The lowest BCUT2D eigenvalue weighted by Gasteiger charge is -2.40. The molecule has 16 nitrogen and oxygen atoms in total. The predicted octanol–water partition coefficient (Wildman–Crippen LogP) is 2.09. The molecule has 3 N–H and O–H groups in total. The van der Waals surface area contributed by atoms with Crippen molar-refractivity contribution >= 4 is 47.1 Å². The Balaban J connectivity index is 1.43. The number of carbonyl (C=O) groups excluding carboxylic acids is 8. The van der Waals surface area contributed by atoms with Gasteiger partial charge in [0.1, 0.15) is 41.8 Å². The molecule has 4 heterocycles. The van der Waals surface area contributed by atoms with Crippen molar-refractivity contribution in [3.8, 4) is 5.75 Å². The number of ketones is 2. The van der Waals surface area contributed by atoms with Gasteiger partial charge in [-0.25, -0.2) is 4.98 Å². The number of esters is 1. The van der Waals surface area contributed by atoms with Crippen molar-refractivity contribution in [1.82, 2.24) is 30.3 Å². The third-order valence-corrected chi connectivity index (χ3v) is 11.5. The molecule has 3 aliphatic rings. The van der Waals surface area contributed by atoms with Crippen LogP contribution in [-0.4, -0.2) is 128 Å². The summed E-state index contributed by atoms with van der Waals surface area (Å²) in [5.41, 5.74) is 0.699. The van der Waals surface area contributed by atoms with Crippen LogP contribution in [0.25, 0.3) is 0 Å². The van der Waals surface area contributed by atoms with Crippen LogP contribution in [0, 0.1) is 0 Å². The molecule has 0 bridgehead atoms. The van der Waals surface area contributed by atoms with Gasteiger partial charge in [-0.1, -0.05) is 67.6 Å². The van der Waals surface area contributed by atoms with Crippen LogP contribution in [0.1, 0.15) is 79.9 Å². The second-order valence-corrected chi connectivity index (χ2v) is 15.5. The first-order valence-electron chi connectivity index (χ1n) is 20.3. The Kier molecular flexibility index (Phi) is 13.7. The number of Topliss-reactive ketones (excluding diaryl/α,β-unsaturated/α-hetero) is 2. The number of likely N-dealkylation sites (N-methyl/N-ethyl adjacent to an activating group) is 1. The first-order chi connectivity index (χ1) is 28.8. The fourth-order valence-electron chi connectivity index (χ4n) is 8.15. The van der Waals surface area contributed by atoms with Gasteiger partial charge in [-0.3, -0.25) is 38.4 Å². The lowest BCUT2D eigenvalue weighted by atomic mass is 9.87. The molecule has 3 fully saturated rings. The van der Waals surface area contributed by atoms with Gasteiger partial charge in [0, 0.05) is 52.0 Å². The number of cyclic esters (lactones) is 1. The highest BCUT2D eigenvalue weighted by atomic mass is 16.5. The minimum absolute atomic E-state index is 0.0133. The Morgan fingerprint density at radius 1 is 0.867 bits per heavy atom. The van der Waals surface area contributed by atoms with E-state index < -0.39 is 101 Å². The number of nitrogens with zero attached hydrogens (tertiary/aromatic N) is 4. The Morgan fingerprint density at radius 2 is 1.55 bits per heavy atom. The molecule has 3 aliphatic heterocycles. The number of hydrogen-bond donors (Lipinski definition) is 3. The largest absolute Gasteiger partial charge is 0.505 e. The van der Waals surface area contributed by atoms with E-state index in [9.17, 15) is 43.5 Å². The van der Waals surface area contributed by atoms with Crippen molar-refractivity contribution in [2.75, 3.05) is 20.1 Å². The third-order valence-electron chi connectivity index (χ3n) is 11.5. The van der Waals surface area contributed by atoms with E-state index in [-0.39, 0.29) is 51.0 Å². The number of amides is 5. The van der Waals surface area contributed by atoms with E-state index in [0.29, 0.717) is 12.0 Å². The predicted molar refractivity (Wildman–Crippen MR) is 215 cm³/mol. The van der Waals surface area contributed by atoms with Crippen molar-refractivity contribution in [3.05, 3.63) is 95.8 Å². The second-order valence-electron chi connectivity index (χ2n) is 15.5. The molecule has 3 saturated heterocycles. The van der Waals surface area contributed by atoms with Crippen LogP contribution in [0.15, 0.2) is 79.0 Å². The summed E-state index contributed by atoms with van der Waals surface area (Å²) in [4.78, 5) is 121. The van der Waals surface area contributed by atoms with Gasteiger partial charge in [0.15, 0.2) is 11.5 Å². The Labute approximate surface area is 347 Å². The summed E-state index contributed by atoms with van der Waals surface area (Å²) in [6.07, 6.45) is -0.0736. The van der Waals surface area contributed by atoms with E-state index in [1.165, 1.54) is 47.0 Å². The molecular formula is C44H50N6O10. The number of aromatic hydroxyl groups is 1. The van der Waals surface area contributed by atoms with Crippen LogP contribution in [-0.2, 0) is 44.7 Å². The topological polar surface area (TPSA) is 213 Å². The van der Waals surface area contributed by atoms with Crippen molar-refractivity contribution < 1.29 is 48.2 Å². The minimum Gasteiger partial charge on any atom is -0.505 e. The monoisotopic (exact) mass is 822 g/mol. The van der Waals surface area contributed by atoms with Gasteiger partial charge >= 0.3 is 5.97 Å². The highest BCUT2D eigenvalue weighted by molar-refractivity contribution is 6.01. The highest BCUT2D eigenvalue weighted by Gasteiger charge is 2.45. The maximum absolute atomic E-state index is 14.8. The van der Waals surface area contributed by atoms with Crippen LogP contribution >= 0.6 is 0 Å². The second kappa shape index (κ2) is 19.1. The summed E-state index contributed by atoms with van der Waals surface area (Å²) in [5, 5.41) is 15.5. The molecule has 3 aromatic rings. The van der Waals surface area contributed by atoms with Crippen molar-refractivity contribution in [2.45, 2.75) is 101 Å². The van der Waals surface area contributed by atoms with Crippen molar-refractivity contribution in [3.63, 3.8) is 0 Å². The lowest BCUT2D eigenvalue weighted by molar-refractivity contribution is -0.155. The maximum atomic E-state index is 14.8. The van der Waals surface area contributed by atoms with E-state index in [1.807, 2.05) is 18.2 Å². The molecular weight excluding hydrogens is 773 g/mol. The smallest absolute Gasteiger partial charge is 0.314 e. The molecule has 6 rings (SSSR count). The third kappa shape index (κ3) is 9.53. The van der Waals surface area contributed by atoms with Gasteiger partial charge in [-0.05, 0) is 49.4 Å². The average Bonchev–Trinajstić information content (AvgIpc) is 3.75. The molecule has 7 atom stereocenters. The Morgan fingerprint density at radius 3 is 2.23 bits per heavy atom. The maximum Gasteiger partial charge on any atom is 0.314 e. The molecule has 0 unspecified atom stereocenters. The Bertz CT molecular complexity index is 2120. The summed E-state index contributed by atoms with van der Waals surface area (Å²) in [6, 6.07) is 13.7. The van der Waals surface area contributed by atoms with E-state index >= 15 is 0 Å². The molecule has 0 radical (unpaired) electrons. The summed E-state index contributed by atoms with van der Waals surface area (Å²) < 4.78 is 5.89. The van der Waals surface area contributed by atoms with Gasteiger partial charge in [0.05, 0.1) is 12.0 Å². The van der Waals surface area contributed by atoms with Gasteiger partial charge in [0.2, 0.25) is 23.6 Å². The number of fused-ring (bicyclic) bond motifs is 2. The molecule has 0 spiro atoms. The number of carbonyl (C=O) groups is 8. The molecule has 316 valence electrons. The zero-order valence-corrected chi connectivity index (χ0v) is 33.8. The number of rotatable bonds is 6. The number of aromatic nitrogens is 1. The summed E-state index contributed by atoms with van der Waals surface area (Å²) in [6.45, 7) is 3.11. The molecule has 60 heavy (non-hydrogen) atoms. The van der Waals surface area contributed by atoms with E-state index in [2.05, 4.69) is 15.6 Å². The van der Waals surface area contributed by atoms with E-state index in [1.54, 1.807) is 49.4 Å². The normalized spacial score (nSPS) is 26.3. The van der Waals surface area contributed by atoms with Crippen LogP contribution < -0.4 is 10.6 Å². The standard InChI is InChI=1S/C44H50N6O10/c1-4-31-41(56)49-21-12-17-32(49)42(57)48(3)34(23-27-13-7-5-8-14-27)43(58)50-22-19-29(51)24-33(50)36(53)25-30(28-15-9-6-10-16-28)44(59)60-26(2)37(39(54)46-31)47-40(55)38-35(52)18-11-20-45-38/h5-11,13-16,18,20,26,30-34,37,52H,4,12,17,19,21-25H2,1-3H3,(H,46,54)(H,47,55)/t26-,30+,31-,32+,33+,34+,37+/m1/s1. The number of nitrogens with one attached hydrogen (secondary N) is 2. The van der Waals surface area contributed by atoms with Gasteiger partial charge in [-0.2, -0.15) is 0 Å². The van der Waals surface area contributed by atoms with E-state index in [0.717, 1.165) is 5.56 Å². The molecule has 0 aliphatic carbocycles.